The minimum absolute atomic E-state index is 0.319. The lowest BCUT2D eigenvalue weighted by Gasteiger charge is -2.06. The normalized spacial score (nSPS) is 10.5. The average molecular weight is 250 g/mol. The summed E-state index contributed by atoms with van der Waals surface area (Å²) in [6.45, 7) is 0. The topological polar surface area (TPSA) is 47.3 Å². The van der Waals surface area contributed by atoms with Gasteiger partial charge in [-0.15, -0.1) is 0 Å². The smallest absolute Gasteiger partial charge is 0.344 e. The standard InChI is InChI=1S/C16H10O3/c17-10-14-12-8-4-5-9-13(12)16(18)19-15(14)11-6-2-1-3-7-11/h1-10H. The Kier molecular flexibility index (Phi) is 2.72. The van der Waals surface area contributed by atoms with Crippen LogP contribution in [0.2, 0.25) is 0 Å². The van der Waals surface area contributed by atoms with Crippen LogP contribution in [0.25, 0.3) is 22.1 Å². The molecule has 1 aromatic heterocycles. The van der Waals surface area contributed by atoms with Gasteiger partial charge in [-0.3, -0.25) is 4.79 Å². The molecule has 0 bridgehead atoms. The van der Waals surface area contributed by atoms with E-state index in [0.29, 0.717) is 27.7 Å². The van der Waals surface area contributed by atoms with Crippen molar-refractivity contribution in [2.75, 3.05) is 0 Å². The summed E-state index contributed by atoms with van der Waals surface area (Å²) in [5.41, 5.74) is 0.689. The van der Waals surface area contributed by atoms with E-state index in [1.807, 2.05) is 18.2 Å². The van der Waals surface area contributed by atoms with Crippen LogP contribution < -0.4 is 5.63 Å². The molecule has 0 saturated carbocycles. The summed E-state index contributed by atoms with van der Waals surface area (Å²) in [6.07, 6.45) is 0.730. The first kappa shape index (κ1) is 11.4. The van der Waals surface area contributed by atoms with E-state index in [1.54, 1.807) is 36.4 Å². The number of hydrogen-bond donors (Lipinski definition) is 0. The molecule has 0 aliphatic heterocycles. The van der Waals surface area contributed by atoms with Crippen molar-refractivity contribution in [3.63, 3.8) is 0 Å². The molecule has 0 saturated heterocycles. The van der Waals surface area contributed by atoms with Crippen LogP contribution in [-0.2, 0) is 0 Å². The zero-order valence-corrected chi connectivity index (χ0v) is 10.00. The number of carbonyl (C=O) groups excluding carboxylic acids is 1. The Morgan fingerprint density at radius 1 is 0.842 bits per heavy atom. The summed E-state index contributed by atoms with van der Waals surface area (Å²) in [5.74, 6) is 0.319. The fourth-order valence-corrected chi connectivity index (χ4v) is 2.14. The van der Waals surface area contributed by atoms with E-state index >= 15 is 0 Å². The van der Waals surface area contributed by atoms with E-state index in [2.05, 4.69) is 0 Å². The maximum absolute atomic E-state index is 12.0. The summed E-state index contributed by atoms with van der Waals surface area (Å²) < 4.78 is 5.31. The first-order chi connectivity index (χ1) is 9.31. The minimum Gasteiger partial charge on any atom is -0.421 e. The van der Waals surface area contributed by atoms with Gasteiger partial charge in [-0.2, -0.15) is 0 Å². The fourth-order valence-electron chi connectivity index (χ4n) is 2.14. The zero-order chi connectivity index (χ0) is 13.2. The van der Waals surface area contributed by atoms with Gasteiger partial charge in [0.2, 0.25) is 0 Å². The Hall–Kier alpha value is -2.68. The Balaban J connectivity index is 2.44. The van der Waals surface area contributed by atoms with Crippen molar-refractivity contribution in [2.24, 2.45) is 0 Å². The highest BCUT2D eigenvalue weighted by molar-refractivity contribution is 6.02. The summed E-state index contributed by atoms with van der Waals surface area (Å²) in [7, 11) is 0. The number of fused-ring (bicyclic) bond motifs is 1. The largest absolute Gasteiger partial charge is 0.421 e. The highest BCUT2D eigenvalue weighted by atomic mass is 16.4. The predicted octanol–water partition coefficient (Wildman–Crippen LogP) is 3.27. The number of benzene rings is 2. The van der Waals surface area contributed by atoms with Gasteiger partial charge in [0.15, 0.2) is 6.29 Å². The lowest BCUT2D eigenvalue weighted by atomic mass is 10.0. The molecule has 0 spiro atoms. The van der Waals surface area contributed by atoms with Gasteiger partial charge in [0.1, 0.15) is 5.76 Å². The molecular formula is C16H10O3. The molecule has 0 aliphatic rings. The second kappa shape index (κ2) is 4.53. The Labute approximate surface area is 109 Å². The molecule has 1 heterocycles. The van der Waals surface area contributed by atoms with Crippen LogP contribution in [0.3, 0.4) is 0 Å². The van der Waals surface area contributed by atoms with Gasteiger partial charge in [-0.25, -0.2) is 4.79 Å². The monoisotopic (exact) mass is 250 g/mol. The van der Waals surface area contributed by atoms with Gasteiger partial charge in [0.05, 0.1) is 10.9 Å². The second-order valence-corrected chi connectivity index (χ2v) is 4.16. The maximum atomic E-state index is 12.0. The molecule has 3 heteroatoms. The van der Waals surface area contributed by atoms with E-state index < -0.39 is 5.63 Å². The molecule has 3 rings (SSSR count). The SMILES string of the molecule is O=Cc1c(-c2ccccc2)oc(=O)c2ccccc12. The molecule has 3 aromatic rings. The Bertz CT molecular complexity index is 801. The van der Waals surface area contributed by atoms with Gasteiger partial charge >= 0.3 is 5.63 Å². The van der Waals surface area contributed by atoms with E-state index in [4.69, 9.17) is 4.42 Å². The molecule has 0 N–H and O–H groups in total. The number of rotatable bonds is 2. The van der Waals surface area contributed by atoms with E-state index in [-0.39, 0.29) is 0 Å². The van der Waals surface area contributed by atoms with Gasteiger partial charge in [0, 0.05) is 10.9 Å². The van der Waals surface area contributed by atoms with Crippen LogP contribution in [0.4, 0.5) is 0 Å². The third kappa shape index (κ3) is 1.85. The van der Waals surface area contributed by atoms with Crippen LogP contribution in [0, 0.1) is 0 Å². The fraction of sp³-hybridized carbons (Fsp3) is 0. The van der Waals surface area contributed by atoms with Crippen molar-refractivity contribution in [2.45, 2.75) is 0 Å². The van der Waals surface area contributed by atoms with Crippen LogP contribution in [0.5, 0.6) is 0 Å². The lowest BCUT2D eigenvalue weighted by Crippen LogP contribution is -2.04. The van der Waals surface area contributed by atoms with E-state index in [9.17, 15) is 9.59 Å². The molecule has 92 valence electrons. The predicted molar refractivity (Wildman–Crippen MR) is 73.3 cm³/mol. The van der Waals surface area contributed by atoms with Gasteiger partial charge in [-0.05, 0) is 6.07 Å². The molecule has 3 nitrogen and oxygen atoms in total. The quantitative estimate of drug-likeness (QED) is 0.656. The molecule has 0 amide bonds. The summed E-state index contributed by atoms with van der Waals surface area (Å²) in [4.78, 5) is 23.3. The Morgan fingerprint density at radius 3 is 2.16 bits per heavy atom. The first-order valence-corrected chi connectivity index (χ1v) is 5.87. The Morgan fingerprint density at radius 2 is 1.47 bits per heavy atom. The van der Waals surface area contributed by atoms with E-state index in [1.165, 1.54) is 0 Å². The number of aldehydes is 1. The number of hydrogen-bond acceptors (Lipinski definition) is 3. The molecule has 0 radical (unpaired) electrons. The maximum Gasteiger partial charge on any atom is 0.344 e. The molecule has 0 unspecified atom stereocenters. The average Bonchev–Trinajstić information content (AvgIpc) is 2.48. The van der Waals surface area contributed by atoms with Gasteiger partial charge in [-0.1, -0.05) is 48.5 Å². The van der Waals surface area contributed by atoms with E-state index in [0.717, 1.165) is 6.29 Å². The highest BCUT2D eigenvalue weighted by Crippen LogP contribution is 2.26. The molecule has 19 heavy (non-hydrogen) atoms. The van der Waals surface area contributed by atoms with Crippen molar-refractivity contribution >= 4 is 17.1 Å². The van der Waals surface area contributed by atoms with Gasteiger partial charge < -0.3 is 4.42 Å². The summed E-state index contributed by atoms with van der Waals surface area (Å²) in [6, 6.07) is 16.1. The zero-order valence-electron chi connectivity index (χ0n) is 10.00. The highest BCUT2D eigenvalue weighted by Gasteiger charge is 2.14. The third-order valence-corrected chi connectivity index (χ3v) is 3.03. The van der Waals surface area contributed by atoms with Gasteiger partial charge in [0.25, 0.3) is 0 Å². The van der Waals surface area contributed by atoms with Crippen molar-refractivity contribution in [3.8, 4) is 11.3 Å². The third-order valence-electron chi connectivity index (χ3n) is 3.03. The summed E-state index contributed by atoms with van der Waals surface area (Å²) >= 11 is 0. The molecule has 0 fully saturated rings. The first-order valence-electron chi connectivity index (χ1n) is 5.87. The minimum atomic E-state index is -0.431. The van der Waals surface area contributed by atoms with Crippen LogP contribution >= 0.6 is 0 Å². The van der Waals surface area contributed by atoms with Crippen molar-refractivity contribution in [3.05, 3.63) is 70.6 Å². The number of carbonyl (C=O) groups is 1. The van der Waals surface area contributed by atoms with Crippen LogP contribution in [0.1, 0.15) is 10.4 Å². The van der Waals surface area contributed by atoms with Crippen molar-refractivity contribution < 1.29 is 9.21 Å². The lowest BCUT2D eigenvalue weighted by molar-refractivity contribution is 0.112. The molecular weight excluding hydrogens is 240 g/mol. The van der Waals surface area contributed by atoms with Crippen molar-refractivity contribution in [1.82, 2.24) is 0 Å². The van der Waals surface area contributed by atoms with Crippen molar-refractivity contribution in [1.29, 1.82) is 0 Å². The molecule has 0 atom stereocenters. The molecule has 0 aliphatic carbocycles. The van der Waals surface area contributed by atoms with Crippen LogP contribution in [0.15, 0.2) is 63.8 Å². The molecule has 2 aromatic carbocycles. The van der Waals surface area contributed by atoms with Crippen LogP contribution in [-0.4, -0.2) is 6.29 Å². The second-order valence-electron chi connectivity index (χ2n) is 4.16. The summed E-state index contributed by atoms with van der Waals surface area (Å²) in [5, 5.41) is 1.04.